The normalized spacial score (nSPS) is 28.6. The van der Waals surface area contributed by atoms with E-state index in [4.69, 9.17) is 5.73 Å². The minimum Gasteiger partial charge on any atom is -0.508 e. The molecule has 1 aromatic rings. The molecule has 0 aliphatic heterocycles. The van der Waals surface area contributed by atoms with Gasteiger partial charge in [-0.05, 0) is 50.9 Å². The van der Waals surface area contributed by atoms with Gasteiger partial charge in [-0.3, -0.25) is 29.4 Å². The van der Waals surface area contributed by atoms with E-state index >= 15 is 0 Å². The second kappa shape index (κ2) is 7.37. The second-order valence-electron chi connectivity index (χ2n) is 9.13. The number of likely N-dealkylation sites (N-methyl/N-ethyl adjacent to an activating group) is 1. The van der Waals surface area contributed by atoms with Crippen LogP contribution in [0.4, 0.5) is 5.69 Å². The molecule has 34 heavy (non-hydrogen) atoms. The number of rotatable bonds is 3. The molecule has 3 aliphatic carbocycles. The number of nitrogens with zero attached hydrogens (tertiary/aromatic N) is 2. The predicted octanol–water partition coefficient (Wildman–Crippen LogP) is 0.181. The summed E-state index contributed by atoms with van der Waals surface area (Å²) in [5.74, 6) is -8.04. The van der Waals surface area contributed by atoms with Crippen LogP contribution in [0.15, 0.2) is 23.0 Å². The fraction of sp³-hybridized carbons (Fsp3) is 0.409. The van der Waals surface area contributed by atoms with Crippen molar-refractivity contribution in [1.29, 1.82) is 0 Å². The number of carbonyl (C=O) groups excluding carboxylic acids is 3. The minimum absolute atomic E-state index is 0.0526. The first kappa shape index (κ1) is 23.4. The molecule has 0 radical (unpaired) electrons. The highest BCUT2D eigenvalue weighted by Gasteiger charge is 2.64. The highest BCUT2D eigenvalue weighted by molar-refractivity contribution is 6.24. The number of aliphatic hydroxyl groups is 3. The second-order valence-corrected chi connectivity index (χ2v) is 9.13. The van der Waals surface area contributed by atoms with Gasteiger partial charge < -0.3 is 26.2 Å². The van der Waals surface area contributed by atoms with Gasteiger partial charge in [-0.1, -0.05) is 0 Å². The summed E-state index contributed by atoms with van der Waals surface area (Å²) in [4.78, 5) is 50.5. The van der Waals surface area contributed by atoms with Crippen molar-refractivity contribution in [3.63, 3.8) is 0 Å². The molecule has 0 bridgehead atoms. The number of nitrogens with two attached hydrogens (primary N) is 1. The lowest BCUT2D eigenvalue weighted by atomic mass is 9.57. The van der Waals surface area contributed by atoms with Crippen LogP contribution in [-0.4, -0.2) is 73.5 Å². The number of phenols is 1. The van der Waals surface area contributed by atoms with Gasteiger partial charge in [-0.2, -0.15) is 0 Å². The number of hydrogen-bond donors (Lipinski definition) is 5. The number of benzene rings is 1. The Labute approximate surface area is 192 Å². The third-order valence-corrected chi connectivity index (χ3v) is 7.12. The van der Waals surface area contributed by atoms with E-state index in [-0.39, 0.29) is 24.0 Å². The third kappa shape index (κ3) is 2.82. The monoisotopic (exact) mass is 473 g/mol. The van der Waals surface area contributed by atoms with Gasteiger partial charge in [0.15, 0.2) is 11.4 Å². The summed E-state index contributed by atoms with van der Waals surface area (Å²) < 4.78 is 0. The zero-order valence-electron chi connectivity index (χ0n) is 18.5. The molecule has 0 spiro atoms. The number of aryl methyl sites for hydroxylation is 1. The Kier molecular flexibility index (Phi) is 5.07. The maximum atomic E-state index is 13.6. The van der Waals surface area contributed by atoms with Gasteiger partial charge in [0.1, 0.15) is 17.1 Å². The van der Waals surface area contributed by atoms with E-state index in [2.05, 4.69) is 0 Å². The lowest BCUT2D eigenvalue weighted by Gasteiger charge is -2.50. The first-order valence-electron chi connectivity index (χ1n) is 10.4. The number of nitro benzene ring substituents is 1. The van der Waals surface area contributed by atoms with Gasteiger partial charge >= 0.3 is 5.69 Å². The van der Waals surface area contributed by atoms with Crippen molar-refractivity contribution in [1.82, 2.24) is 4.90 Å². The fourth-order valence-electron chi connectivity index (χ4n) is 5.62. The zero-order valence-corrected chi connectivity index (χ0v) is 18.5. The lowest BCUT2D eigenvalue weighted by molar-refractivity contribution is -0.386. The molecular formula is C22H23N3O9. The average Bonchev–Trinajstić information content (AvgIpc) is 2.72. The van der Waals surface area contributed by atoms with Gasteiger partial charge in [0, 0.05) is 17.6 Å². The van der Waals surface area contributed by atoms with Crippen molar-refractivity contribution in [2.45, 2.75) is 31.4 Å². The van der Waals surface area contributed by atoms with Gasteiger partial charge in [-0.15, -0.1) is 0 Å². The molecule has 1 saturated carbocycles. The smallest absolute Gasteiger partial charge is 0.311 e. The molecule has 1 aromatic carbocycles. The number of hydrogen-bond acceptors (Lipinski definition) is 10. The molecule has 4 atom stereocenters. The molecule has 180 valence electrons. The molecule has 1 fully saturated rings. The van der Waals surface area contributed by atoms with Crippen LogP contribution in [0.1, 0.15) is 23.1 Å². The number of fused-ring (bicyclic) bond motifs is 3. The Balaban J connectivity index is 2.01. The van der Waals surface area contributed by atoms with Gasteiger partial charge in [0.05, 0.1) is 16.5 Å². The molecule has 0 heterocycles. The summed E-state index contributed by atoms with van der Waals surface area (Å²) in [7, 11) is 3.02. The highest BCUT2D eigenvalue weighted by atomic mass is 16.6. The lowest BCUT2D eigenvalue weighted by Crippen LogP contribution is -2.65. The molecule has 4 rings (SSSR count). The van der Waals surface area contributed by atoms with E-state index in [0.717, 1.165) is 6.07 Å². The average molecular weight is 473 g/mol. The van der Waals surface area contributed by atoms with Crippen LogP contribution in [0.5, 0.6) is 5.75 Å². The number of nitro groups is 1. The Hall–Kier alpha value is -3.77. The molecule has 0 saturated heterocycles. The number of amides is 1. The molecule has 0 aromatic heterocycles. The summed E-state index contributed by atoms with van der Waals surface area (Å²) in [5.41, 5.74) is 1.06. The van der Waals surface area contributed by atoms with Crippen molar-refractivity contribution < 1.29 is 39.7 Å². The summed E-state index contributed by atoms with van der Waals surface area (Å²) >= 11 is 0. The van der Waals surface area contributed by atoms with Gasteiger partial charge in [-0.25, -0.2) is 0 Å². The van der Waals surface area contributed by atoms with E-state index in [0.29, 0.717) is 11.1 Å². The topological polar surface area (TPSA) is 205 Å². The molecule has 6 N–H and O–H groups in total. The van der Waals surface area contributed by atoms with Crippen molar-refractivity contribution in [3.05, 3.63) is 49.8 Å². The summed E-state index contributed by atoms with van der Waals surface area (Å²) in [6.07, 6.45) is 0.0227. The number of aromatic hydroxyl groups is 1. The maximum Gasteiger partial charge on any atom is 0.311 e. The molecular weight excluding hydrogens is 450 g/mol. The van der Waals surface area contributed by atoms with Crippen molar-refractivity contribution in [2.75, 3.05) is 14.1 Å². The van der Waals surface area contributed by atoms with Gasteiger partial charge in [0.25, 0.3) is 5.91 Å². The number of Topliss-reactive ketones (excluding diaryl/α,β-unsaturated/α-hetero) is 2. The van der Waals surface area contributed by atoms with E-state index in [1.807, 2.05) is 0 Å². The van der Waals surface area contributed by atoms with Crippen LogP contribution in [0.3, 0.4) is 0 Å². The number of carbonyl (C=O) groups is 3. The van der Waals surface area contributed by atoms with Crippen LogP contribution < -0.4 is 5.73 Å². The molecule has 12 heteroatoms. The van der Waals surface area contributed by atoms with Crippen molar-refractivity contribution >= 4 is 28.9 Å². The van der Waals surface area contributed by atoms with E-state index in [1.165, 1.54) is 19.0 Å². The SMILES string of the molecule is Cc1cc([N+](=O)[O-])c(O)c2c1C[C@H]1C[C@H]3[C@H](N(C)C)C(=O)C(C(N)=O)=C(O)[C@@]3(O)C(=O)C1=C2O. The zero-order chi connectivity index (χ0) is 25.4. The van der Waals surface area contributed by atoms with Crippen molar-refractivity contribution in [2.24, 2.45) is 17.6 Å². The quantitative estimate of drug-likeness (QED) is 0.229. The first-order chi connectivity index (χ1) is 15.7. The summed E-state index contributed by atoms with van der Waals surface area (Å²) in [6, 6.07) is -0.0164. The summed E-state index contributed by atoms with van der Waals surface area (Å²) in [5, 5.41) is 55.1. The molecule has 3 aliphatic rings. The molecule has 12 nitrogen and oxygen atoms in total. The number of primary amides is 1. The van der Waals surface area contributed by atoms with E-state index in [1.54, 1.807) is 6.92 Å². The van der Waals surface area contributed by atoms with Crippen molar-refractivity contribution in [3.8, 4) is 5.75 Å². The Morgan fingerprint density at radius 3 is 2.41 bits per heavy atom. The van der Waals surface area contributed by atoms with E-state index < -0.39 is 74.4 Å². The van der Waals surface area contributed by atoms with Gasteiger partial charge in [0.2, 0.25) is 11.5 Å². The van der Waals surface area contributed by atoms with Crippen LogP contribution in [0.25, 0.3) is 5.76 Å². The standard InChI is InChI=1S/C22H23N3O9/c1-7-4-11(25(33)34)16(26)13-9(7)5-8-6-10-15(24(2)3)18(28)14(21(23)31)20(30)22(10,32)19(29)12(8)17(13)27/h4,8,10,15,26-27,30,32H,5-6H2,1-3H3,(H2,23,31)/t8-,10-,15-,22-/m0/s1. The Morgan fingerprint density at radius 2 is 1.88 bits per heavy atom. The Morgan fingerprint density at radius 1 is 1.26 bits per heavy atom. The third-order valence-electron chi connectivity index (χ3n) is 7.12. The van der Waals surface area contributed by atoms with E-state index in [9.17, 15) is 44.9 Å². The predicted molar refractivity (Wildman–Crippen MR) is 116 cm³/mol. The molecule has 0 unspecified atom stereocenters. The number of phenolic OH excluding ortho intramolecular Hbond substituents is 1. The fourth-order valence-corrected chi connectivity index (χ4v) is 5.62. The number of ketones is 2. The van der Waals surface area contributed by atoms with Crippen LogP contribution >= 0.6 is 0 Å². The first-order valence-corrected chi connectivity index (χ1v) is 10.4. The Bertz CT molecular complexity index is 1260. The van der Waals surface area contributed by atoms with Crippen LogP contribution in [0.2, 0.25) is 0 Å². The largest absolute Gasteiger partial charge is 0.508 e. The summed E-state index contributed by atoms with van der Waals surface area (Å²) in [6.45, 7) is 1.56. The minimum atomic E-state index is -2.75. The molecule has 1 amide bonds. The number of aliphatic hydroxyl groups excluding tert-OH is 2. The van der Waals surface area contributed by atoms with Crippen LogP contribution in [-0.2, 0) is 20.8 Å². The van der Waals surface area contributed by atoms with Crippen LogP contribution in [0, 0.1) is 28.9 Å². The maximum absolute atomic E-state index is 13.6. The highest BCUT2D eigenvalue weighted by Crippen LogP contribution is 2.53.